The van der Waals surface area contributed by atoms with Gasteiger partial charge in [0.15, 0.2) is 15.6 Å². The minimum atomic E-state index is -2.84. The van der Waals surface area contributed by atoms with Crippen LogP contribution in [0.3, 0.4) is 0 Å². The highest BCUT2D eigenvalue weighted by Crippen LogP contribution is 2.21. The maximum Gasteiger partial charge on any atom is 0.155 e. The predicted octanol–water partition coefficient (Wildman–Crippen LogP) is 0.566. The molecule has 12 heavy (non-hydrogen) atoms. The van der Waals surface area contributed by atoms with Crippen molar-refractivity contribution in [2.24, 2.45) is 5.92 Å². The SMILES string of the molecule is C=CC(=O)CC1CCS(=O)(=O)C1. The van der Waals surface area contributed by atoms with Crippen LogP contribution in [0.25, 0.3) is 0 Å². The number of rotatable bonds is 3. The lowest BCUT2D eigenvalue weighted by atomic mass is 10.0. The van der Waals surface area contributed by atoms with E-state index in [2.05, 4.69) is 6.58 Å². The van der Waals surface area contributed by atoms with Crippen molar-refractivity contribution >= 4 is 15.6 Å². The van der Waals surface area contributed by atoms with Gasteiger partial charge in [0.25, 0.3) is 0 Å². The van der Waals surface area contributed by atoms with Crippen LogP contribution in [0.15, 0.2) is 12.7 Å². The standard InChI is InChI=1S/C8H12O3S/c1-2-8(9)5-7-3-4-12(10,11)6-7/h2,7H,1,3-6H2. The van der Waals surface area contributed by atoms with E-state index in [-0.39, 0.29) is 23.2 Å². The quantitative estimate of drug-likeness (QED) is 0.608. The Kier molecular flexibility index (Phi) is 2.67. The largest absolute Gasteiger partial charge is 0.295 e. The molecule has 1 atom stereocenters. The zero-order valence-electron chi connectivity index (χ0n) is 6.82. The van der Waals surface area contributed by atoms with E-state index in [0.717, 1.165) is 0 Å². The minimum Gasteiger partial charge on any atom is -0.295 e. The number of hydrogen-bond donors (Lipinski definition) is 0. The molecule has 1 fully saturated rings. The van der Waals surface area contributed by atoms with Gasteiger partial charge in [-0.2, -0.15) is 0 Å². The molecule has 1 heterocycles. The first-order valence-corrected chi connectivity index (χ1v) is 5.71. The van der Waals surface area contributed by atoms with Gasteiger partial charge in [-0.3, -0.25) is 4.79 Å². The maximum atomic E-state index is 11.0. The van der Waals surface area contributed by atoms with Gasteiger partial charge in [-0.15, -0.1) is 0 Å². The normalized spacial score (nSPS) is 26.8. The summed E-state index contributed by atoms with van der Waals surface area (Å²) in [5, 5.41) is 0. The third-order valence-corrected chi connectivity index (χ3v) is 3.88. The van der Waals surface area contributed by atoms with Crippen LogP contribution in [-0.4, -0.2) is 25.7 Å². The molecule has 68 valence electrons. The van der Waals surface area contributed by atoms with Crippen LogP contribution in [0.4, 0.5) is 0 Å². The first-order chi connectivity index (χ1) is 5.53. The fraction of sp³-hybridized carbons (Fsp3) is 0.625. The molecule has 0 aliphatic carbocycles. The molecule has 0 radical (unpaired) electrons. The zero-order chi connectivity index (χ0) is 9.19. The molecule has 1 unspecified atom stereocenters. The number of sulfone groups is 1. The number of hydrogen-bond acceptors (Lipinski definition) is 3. The molecule has 1 aliphatic rings. The Morgan fingerprint density at radius 2 is 2.25 bits per heavy atom. The van der Waals surface area contributed by atoms with Gasteiger partial charge in [-0.1, -0.05) is 6.58 Å². The van der Waals surface area contributed by atoms with Crippen molar-refractivity contribution in [2.45, 2.75) is 12.8 Å². The molecule has 1 rings (SSSR count). The van der Waals surface area contributed by atoms with Crippen molar-refractivity contribution in [3.05, 3.63) is 12.7 Å². The summed E-state index contributed by atoms with van der Waals surface area (Å²) in [6.07, 6.45) is 2.22. The van der Waals surface area contributed by atoms with Crippen molar-refractivity contribution in [3.63, 3.8) is 0 Å². The smallest absolute Gasteiger partial charge is 0.155 e. The first kappa shape index (κ1) is 9.45. The molecule has 0 bridgehead atoms. The molecule has 0 N–H and O–H groups in total. The Morgan fingerprint density at radius 1 is 1.58 bits per heavy atom. The lowest BCUT2D eigenvalue weighted by Crippen LogP contribution is -2.08. The molecule has 0 saturated carbocycles. The highest BCUT2D eigenvalue weighted by Gasteiger charge is 2.28. The van der Waals surface area contributed by atoms with Crippen molar-refractivity contribution in [1.82, 2.24) is 0 Å². The summed E-state index contributed by atoms with van der Waals surface area (Å²) in [7, 11) is -2.84. The third kappa shape index (κ3) is 2.44. The second kappa shape index (κ2) is 3.39. The lowest BCUT2D eigenvalue weighted by Gasteiger charge is -2.01. The predicted molar refractivity (Wildman–Crippen MR) is 46.6 cm³/mol. The molecule has 1 aliphatic heterocycles. The van der Waals surface area contributed by atoms with Crippen LogP contribution >= 0.6 is 0 Å². The van der Waals surface area contributed by atoms with Gasteiger partial charge >= 0.3 is 0 Å². The van der Waals surface area contributed by atoms with Crippen LogP contribution in [0.2, 0.25) is 0 Å². The molecule has 0 spiro atoms. The first-order valence-electron chi connectivity index (χ1n) is 3.89. The van der Waals surface area contributed by atoms with E-state index in [1.165, 1.54) is 6.08 Å². The molecule has 4 heteroatoms. The van der Waals surface area contributed by atoms with Gasteiger partial charge in [-0.05, 0) is 18.4 Å². The second-order valence-corrected chi connectivity index (χ2v) is 5.37. The summed E-state index contributed by atoms with van der Waals surface area (Å²) in [6.45, 7) is 3.34. The molecule has 0 aromatic rings. The average Bonchev–Trinajstić information content (AvgIpc) is 2.30. The van der Waals surface area contributed by atoms with E-state index in [1.54, 1.807) is 0 Å². The third-order valence-electron chi connectivity index (χ3n) is 2.04. The minimum absolute atomic E-state index is 0.0282. The summed E-state index contributed by atoms with van der Waals surface area (Å²) < 4.78 is 21.9. The van der Waals surface area contributed by atoms with Crippen LogP contribution < -0.4 is 0 Å². The van der Waals surface area contributed by atoms with Gasteiger partial charge in [0, 0.05) is 6.42 Å². The monoisotopic (exact) mass is 188 g/mol. The van der Waals surface area contributed by atoms with E-state index in [4.69, 9.17) is 0 Å². The zero-order valence-corrected chi connectivity index (χ0v) is 7.64. The van der Waals surface area contributed by atoms with E-state index in [1.807, 2.05) is 0 Å². The Morgan fingerprint density at radius 3 is 2.67 bits per heavy atom. The number of ketones is 1. The Bertz CT molecular complexity index is 289. The van der Waals surface area contributed by atoms with Gasteiger partial charge in [0.2, 0.25) is 0 Å². The van der Waals surface area contributed by atoms with Gasteiger partial charge in [0.1, 0.15) is 0 Å². The summed E-state index contributed by atoms with van der Waals surface area (Å²) in [5.74, 6) is 0.381. The van der Waals surface area contributed by atoms with Gasteiger partial charge < -0.3 is 0 Å². The average molecular weight is 188 g/mol. The Labute approximate surface area is 72.4 Å². The second-order valence-electron chi connectivity index (χ2n) is 3.14. The van der Waals surface area contributed by atoms with E-state index in [0.29, 0.717) is 12.8 Å². The number of carbonyl (C=O) groups excluding carboxylic acids is 1. The number of carbonyl (C=O) groups is 1. The van der Waals surface area contributed by atoms with E-state index < -0.39 is 9.84 Å². The van der Waals surface area contributed by atoms with E-state index >= 15 is 0 Å². The van der Waals surface area contributed by atoms with Crippen molar-refractivity contribution in [2.75, 3.05) is 11.5 Å². The van der Waals surface area contributed by atoms with Crippen LogP contribution in [0.1, 0.15) is 12.8 Å². The van der Waals surface area contributed by atoms with E-state index in [9.17, 15) is 13.2 Å². The maximum absolute atomic E-state index is 11.0. The molecular weight excluding hydrogens is 176 g/mol. The molecule has 0 amide bonds. The number of allylic oxidation sites excluding steroid dienone is 1. The topological polar surface area (TPSA) is 51.2 Å². The van der Waals surface area contributed by atoms with Crippen LogP contribution in [0.5, 0.6) is 0 Å². The lowest BCUT2D eigenvalue weighted by molar-refractivity contribution is -0.115. The van der Waals surface area contributed by atoms with Crippen molar-refractivity contribution < 1.29 is 13.2 Å². The van der Waals surface area contributed by atoms with Gasteiger partial charge in [-0.25, -0.2) is 8.42 Å². The van der Waals surface area contributed by atoms with Crippen LogP contribution in [0, 0.1) is 5.92 Å². The van der Waals surface area contributed by atoms with Crippen LogP contribution in [-0.2, 0) is 14.6 Å². The van der Waals surface area contributed by atoms with Gasteiger partial charge in [0.05, 0.1) is 11.5 Å². The summed E-state index contributed by atoms with van der Waals surface area (Å²) >= 11 is 0. The highest BCUT2D eigenvalue weighted by atomic mass is 32.2. The Hall–Kier alpha value is -0.640. The van der Waals surface area contributed by atoms with Crippen molar-refractivity contribution in [3.8, 4) is 0 Å². The highest BCUT2D eigenvalue weighted by molar-refractivity contribution is 7.91. The molecule has 0 aromatic heterocycles. The van der Waals surface area contributed by atoms with Crippen molar-refractivity contribution in [1.29, 1.82) is 0 Å². The molecule has 1 saturated heterocycles. The Balaban J connectivity index is 2.49. The summed E-state index contributed by atoms with van der Waals surface area (Å²) in [5.41, 5.74) is 0. The molecule has 0 aromatic carbocycles. The molecule has 3 nitrogen and oxygen atoms in total. The summed E-state index contributed by atoms with van der Waals surface area (Å²) in [6, 6.07) is 0. The molecular formula is C8H12O3S. The summed E-state index contributed by atoms with van der Waals surface area (Å²) in [4.78, 5) is 10.9. The fourth-order valence-corrected chi connectivity index (χ4v) is 3.26. The fourth-order valence-electron chi connectivity index (χ4n) is 1.40.